The fourth-order valence-electron chi connectivity index (χ4n) is 4.07. The first-order valence-corrected chi connectivity index (χ1v) is 9.32. The second-order valence-corrected chi connectivity index (χ2v) is 7.30. The van der Waals surface area contributed by atoms with Crippen molar-refractivity contribution in [3.05, 3.63) is 71.8 Å². The Bertz CT molecular complexity index is 722. The Morgan fingerprint density at radius 1 is 1.00 bits per heavy atom. The molecular weight excluding hydrogens is 308 g/mol. The Kier molecular flexibility index (Phi) is 4.58. The predicted octanol–water partition coefficient (Wildman–Crippen LogP) is 4.60. The SMILES string of the molecule is C[C@@]1(c2ccccc2)NC(COC2CCCC2)=N[C@@H]1c1ccccc1. The molecule has 1 N–H and O–H groups in total. The molecule has 2 aliphatic rings. The second kappa shape index (κ2) is 7.01. The zero-order chi connectivity index (χ0) is 17.1. The summed E-state index contributed by atoms with van der Waals surface area (Å²) >= 11 is 0. The highest BCUT2D eigenvalue weighted by molar-refractivity contribution is 5.87. The van der Waals surface area contributed by atoms with Crippen LogP contribution < -0.4 is 5.32 Å². The highest BCUT2D eigenvalue weighted by atomic mass is 16.5. The lowest BCUT2D eigenvalue weighted by Crippen LogP contribution is -2.43. The van der Waals surface area contributed by atoms with Gasteiger partial charge in [-0.25, -0.2) is 0 Å². The van der Waals surface area contributed by atoms with Gasteiger partial charge in [0.2, 0.25) is 0 Å². The lowest BCUT2D eigenvalue weighted by Gasteiger charge is -2.32. The number of hydrogen-bond acceptors (Lipinski definition) is 3. The normalized spacial score (nSPS) is 26.4. The van der Waals surface area contributed by atoms with E-state index in [1.807, 2.05) is 0 Å². The van der Waals surface area contributed by atoms with Gasteiger partial charge < -0.3 is 10.1 Å². The second-order valence-electron chi connectivity index (χ2n) is 7.30. The molecular formula is C22H26N2O. The topological polar surface area (TPSA) is 33.6 Å². The lowest BCUT2D eigenvalue weighted by molar-refractivity contribution is 0.0860. The number of nitrogens with zero attached hydrogens (tertiary/aromatic N) is 1. The van der Waals surface area contributed by atoms with Crippen molar-refractivity contribution < 1.29 is 4.74 Å². The van der Waals surface area contributed by atoms with Gasteiger partial charge in [0.1, 0.15) is 18.5 Å². The molecule has 0 saturated heterocycles. The van der Waals surface area contributed by atoms with Crippen molar-refractivity contribution in [1.29, 1.82) is 0 Å². The minimum Gasteiger partial charge on any atom is -0.370 e. The van der Waals surface area contributed by atoms with E-state index in [0.717, 1.165) is 5.84 Å². The molecule has 1 aliphatic carbocycles. The highest BCUT2D eigenvalue weighted by Gasteiger charge is 2.42. The van der Waals surface area contributed by atoms with Crippen LogP contribution in [0.5, 0.6) is 0 Å². The summed E-state index contributed by atoms with van der Waals surface area (Å²) in [5.74, 6) is 0.965. The number of aliphatic imine (C=N–C) groups is 1. The van der Waals surface area contributed by atoms with Gasteiger partial charge in [0.05, 0.1) is 11.6 Å². The molecule has 0 unspecified atom stereocenters. The van der Waals surface area contributed by atoms with Crippen LogP contribution in [0.4, 0.5) is 0 Å². The standard InChI is InChI=1S/C22H26N2O/c1-22(18-12-6-3-7-13-18)21(17-10-4-2-5-11-17)23-20(24-22)16-25-19-14-8-9-15-19/h2-7,10-13,19,21H,8-9,14-16H2,1H3,(H,23,24)/t21-,22+/m1/s1. The molecule has 1 heterocycles. The molecule has 3 nitrogen and oxygen atoms in total. The highest BCUT2D eigenvalue weighted by Crippen LogP contribution is 2.41. The summed E-state index contributed by atoms with van der Waals surface area (Å²) < 4.78 is 6.11. The fourth-order valence-corrected chi connectivity index (χ4v) is 4.07. The molecule has 0 spiro atoms. The maximum absolute atomic E-state index is 6.11. The van der Waals surface area contributed by atoms with Crippen LogP contribution in [0, 0.1) is 0 Å². The van der Waals surface area contributed by atoms with E-state index < -0.39 is 0 Å². The monoisotopic (exact) mass is 334 g/mol. The number of amidine groups is 1. The van der Waals surface area contributed by atoms with Crippen molar-refractivity contribution in [3.63, 3.8) is 0 Å². The first kappa shape index (κ1) is 16.3. The van der Waals surface area contributed by atoms with Gasteiger partial charge in [-0.05, 0) is 30.9 Å². The van der Waals surface area contributed by atoms with E-state index in [2.05, 4.69) is 72.9 Å². The van der Waals surface area contributed by atoms with Gasteiger partial charge in [-0.15, -0.1) is 0 Å². The zero-order valence-electron chi connectivity index (χ0n) is 14.8. The van der Waals surface area contributed by atoms with Gasteiger partial charge in [0.15, 0.2) is 0 Å². The van der Waals surface area contributed by atoms with E-state index in [1.165, 1.54) is 36.8 Å². The smallest absolute Gasteiger partial charge is 0.124 e. The fraction of sp³-hybridized carbons (Fsp3) is 0.409. The van der Waals surface area contributed by atoms with E-state index >= 15 is 0 Å². The van der Waals surface area contributed by atoms with Gasteiger partial charge in [0, 0.05) is 0 Å². The Hall–Kier alpha value is -2.13. The van der Waals surface area contributed by atoms with Crippen molar-refractivity contribution in [2.45, 2.75) is 50.3 Å². The average Bonchev–Trinajstić information content (AvgIpc) is 3.30. The Morgan fingerprint density at radius 2 is 1.64 bits per heavy atom. The molecule has 2 aromatic carbocycles. The summed E-state index contributed by atoms with van der Waals surface area (Å²) in [6, 6.07) is 21.2. The molecule has 25 heavy (non-hydrogen) atoms. The van der Waals surface area contributed by atoms with E-state index in [4.69, 9.17) is 9.73 Å². The summed E-state index contributed by atoms with van der Waals surface area (Å²) in [5, 5.41) is 3.68. The van der Waals surface area contributed by atoms with Gasteiger partial charge in [-0.3, -0.25) is 4.99 Å². The van der Waals surface area contributed by atoms with Crippen molar-refractivity contribution in [2.75, 3.05) is 6.61 Å². The molecule has 0 aromatic heterocycles. The third kappa shape index (κ3) is 3.34. The largest absolute Gasteiger partial charge is 0.370 e. The van der Waals surface area contributed by atoms with Crippen LogP contribution in [-0.2, 0) is 10.3 Å². The molecule has 4 rings (SSSR count). The van der Waals surface area contributed by atoms with Gasteiger partial charge >= 0.3 is 0 Å². The molecule has 1 fully saturated rings. The third-order valence-corrected chi connectivity index (χ3v) is 5.48. The molecule has 1 saturated carbocycles. The number of rotatable bonds is 5. The summed E-state index contributed by atoms with van der Waals surface area (Å²) in [6.07, 6.45) is 5.36. The number of ether oxygens (including phenoxy) is 1. The minimum absolute atomic E-state index is 0.0540. The van der Waals surface area contributed by atoms with Crippen LogP contribution >= 0.6 is 0 Å². The van der Waals surface area contributed by atoms with E-state index in [9.17, 15) is 0 Å². The van der Waals surface area contributed by atoms with Gasteiger partial charge in [-0.2, -0.15) is 0 Å². The lowest BCUT2D eigenvalue weighted by atomic mass is 9.82. The number of nitrogens with one attached hydrogen (secondary N) is 1. The van der Waals surface area contributed by atoms with E-state index in [1.54, 1.807) is 0 Å². The van der Waals surface area contributed by atoms with Crippen molar-refractivity contribution >= 4 is 5.84 Å². The van der Waals surface area contributed by atoms with Crippen LogP contribution in [0.1, 0.15) is 49.8 Å². The summed E-state index contributed by atoms with van der Waals surface area (Å²) in [7, 11) is 0. The van der Waals surface area contributed by atoms with Crippen LogP contribution in [0.15, 0.2) is 65.7 Å². The first-order chi connectivity index (χ1) is 12.3. The van der Waals surface area contributed by atoms with Crippen LogP contribution in [0.3, 0.4) is 0 Å². The van der Waals surface area contributed by atoms with Crippen molar-refractivity contribution in [3.8, 4) is 0 Å². The molecule has 3 heteroatoms. The minimum atomic E-state index is -0.253. The van der Waals surface area contributed by atoms with Crippen molar-refractivity contribution in [1.82, 2.24) is 5.32 Å². The molecule has 0 bridgehead atoms. The summed E-state index contributed by atoms with van der Waals surface area (Å²) in [4.78, 5) is 5.03. The Morgan fingerprint density at radius 3 is 2.32 bits per heavy atom. The maximum atomic E-state index is 6.11. The Balaban J connectivity index is 1.60. The Labute approximate surface area is 150 Å². The zero-order valence-corrected chi connectivity index (χ0v) is 14.8. The van der Waals surface area contributed by atoms with Crippen molar-refractivity contribution in [2.24, 2.45) is 4.99 Å². The molecule has 0 radical (unpaired) electrons. The molecule has 1 aliphatic heterocycles. The molecule has 0 amide bonds. The molecule has 2 aromatic rings. The number of benzene rings is 2. The van der Waals surface area contributed by atoms with Gasteiger partial charge in [-0.1, -0.05) is 73.5 Å². The van der Waals surface area contributed by atoms with Crippen LogP contribution in [-0.4, -0.2) is 18.5 Å². The van der Waals surface area contributed by atoms with Crippen LogP contribution in [0.25, 0.3) is 0 Å². The van der Waals surface area contributed by atoms with Gasteiger partial charge in [0.25, 0.3) is 0 Å². The van der Waals surface area contributed by atoms with Crippen LogP contribution in [0.2, 0.25) is 0 Å². The maximum Gasteiger partial charge on any atom is 0.124 e. The number of hydrogen-bond donors (Lipinski definition) is 1. The quantitative estimate of drug-likeness (QED) is 0.867. The predicted molar refractivity (Wildman–Crippen MR) is 102 cm³/mol. The molecule has 2 atom stereocenters. The molecule has 130 valence electrons. The van der Waals surface area contributed by atoms with E-state index in [-0.39, 0.29) is 11.6 Å². The first-order valence-electron chi connectivity index (χ1n) is 9.32. The summed E-state index contributed by atoms with van der Waals surface area (Å²) in [6.45, 7) is 2.82. The summed E-state index contributed by atoms with van der Waals surface area (Å²) in [5.41, 5.74) is 2.23. The van der Waals surface area contributed by atoms with E-state index in [0.29, 0.717) is 12.7 Å². The third-order valence-electron chi connectivity index (χ3n) is 5.48. The average molecular weight is 334 g/mol.